The fourth-order valence-electron chi connectivity index (χ4n) is 1.85. The molecule has 2 N–H and O–H groups in total. The van der Waals surface area contributed by atoms with Crippen LogP contribution in [0.3, 0.4) is 0 Å². The molecule has 0 aliphatic rings. The highest BCUT2D eigenvalue weighted by Crippen LogP contribution is 2.21. The van der Waals surface area contributed by atoms with Crippen molar-refractivity contribution in [3.05, 3.63) is 29.3 Å². The first kappa shape index (κ1) is 16.6. The summed E-state index contributed by atoms with van der Waals surface area (Å²) in [5.74, 6) is -1.17. The molecule has 0 heterocycles. The number of nitrogens with zero attached hydrogens (tertiary/aromatic N) is 1. The summed E-state index contributed by atoms with van der Waals surface area (Å²) in [7, 11) is -3.75. The highest BCUT2D eigenvalue weighted by molar-refractivity contribution is 7.89. The average molecular weight is 301 g/mol. The van der Waals surface area contributed by atoms with Gasteiger partial charge in [-0.25, -0.2) is 13.2 Å². The zero-order valence-electron chi connectivity index (χ0n) is 11.5. The molecule has 0 aliphatic heterocycles. The molecule has 0 aliphatic carbocycles. The number of aromatic carboxylic acids is 1. The van der Waals surface area contributed by atoms with Crippen molar-refractivity contribution in [3.63, 3.8) is 0 Å². The third kappa shape index (κ3) is 3.56. The summed E-state index contributed by atoms with van der Waals surface area (Å²) in [6.07, 6.45) is 0.338. The summed E-state index contributed by atoms with van der Waals surface area (Å²) in [4.78, 5) is 11.0. The Bertz CT molecular complexity index is 582. The van der Waals surface area contributed by atoms with E-state index in [1.165, 1.54) is 22.5 Å². The first-order valence-electron chi connectivity index (χ1n) is 6.29. The van der Waals surface area contributed by atoms with Crippen LogP contribution >= 0.6 is 0 Å². The largest absolute Gasteiger partial charge is 0.478 e. The maximum atomic E-state index is 12.5. The van der Waals surface area contributed by atoms with Crippen LogP contribution < -0.4 is 0 Å². The fourth-order valence-corrected chi connectivity index (χ4v) is 3.58. The number of hydrogen-bond donors (Lipinski definition) is 2. The minimum Gasteiger partial charge on any atom is -0.478 e. The maximum absolute atomic E-state index is 12.5. The van der Waals surface area contributed by atoms with E-state index in [-0.39, 0.29) is 30.2 Å². The van der Waals surface area contributed by atoms with Gasteiger partial charge < -0.3 is 10.2 Å². The number of rotatable bonds is 7. The number of benzene rings is 1. The number of carboxylic acids is 1. The van der Waals surface area contributed by atoms with Gasteiger partial charge in [0.05, 0.1) is 10.5 Å². The first-order valence-corrected chi connectivity index (χ1v) is 7.73. The lowest BCUT2D eigenvalue weighted by Crippen LogP contribution is -2.32. The Morgan fingerprint density at radius 1 is 1.35 bits per heavy atom. The number of aliphatic hydroxyl groups is 1. The molecule has 0 saturated heterocycles. The zero-order chi connectivity index (χ0) is 15.3. The highest BCUT2D eigenvalue weighted by Gasteiger charge is 2.25. The van der Waals surface area contributed by atoms with Crippen LogP contribution in [0.4, 0.5) is 0 Å². The van der Waals surface area contributed by atoms with Crippen molar-refractivity contribution in [2.75, 3.05) is 19.7 Å². The van der Waals surface area contributed by atoms with Gasteiger partial charge in [-0.2, -0.15) is 4.31 Å². The monoisotopic (exact) mass is 301 g/mol. The SMILES string of the molecule is CCN(CCCO)S(=O)(=O)c1cc(C(=O)O)ccc1C. The number of aryl methyl sites for hydroxylation is 1. The molecule has 0 amide bonds. The van der Waals surface area contributed by atoms with Gasteiger partial charge in [-0.1, -0.05) is 13.0 Å². The molecular formula is C13H19NO5S. The smallest absolute Gasteiger partial charge is 0.335 e. The number of sulfonamides is 1. The predicted octanol–water partition coefficient (Wildman–Crippen LogP) is 1.09. The minimum atomic E-state index is -3.75. The zero-order valence-corrected chi connectivity index (χ0v) is 12.4. The van der Waals surface area contributed by atoms with Gasteiger partial charge in [0.2, 0.25) is 10.0 Å². The highest BCUT2D eigenvalue weighted by atomic mass is 32.2. The molecule has 0 radical (unpaired) electrons. The van der Waals surface area contributed by atoms with Crippen LogP contribution in [0.2, 0.25) is 0 Å². The number of aliphatic hydroxyl groups excluding tert-OH is 1. The minimum absolute atomic E-state index is 0.00260. The summed E-state index contributed by atoms with van der Waals surface area (Å²) in [6.45, 7) is 3.69. The van der Waals surface area contributed by atoms with Crippen molar-refractivity contribution < 1.29 is 23.4 Å². The Balaban J connectivity index is 3.26. The van der Waals surface area contributed by atoms with Crippen molar-refractivity contribution in [1.82, 2.24) is 4.31 Å². The summed E-state index contributed by atoms with van der Waals surface area (Å²) in [5, 5.41) is 17.8. The molecular weight excluding hydrogens is 282 g/mol. The Labute approximate surface area is 118 Å². The number of carbonyl (C=O) groups is 1. The Morgan fingerprint density at radius 3 is 2.50 bits per heavy atom. The molecule has 0 fully saturated rings. The van der Waals surface area contributed by atoms with E-state index in [1.54, 1.807) is 13.8 Å². The van der Waals surface area contributed by atoms with E-state index in [1.807, 2.05) is 0 Å². The van der Waals surface area contributed by atoms with Gasteiger partial charge in [0, 0.05) is 19.7 Å². The summed E-state index contributed by atoms with van der Waals surface area (Å²) in [5.41, 5.74) is 0.435. The van der Waals surface area contributed by atoms with Crippen LogP contribution in [0.15, 0.2) is 23.1 Å². The summed E-state index contributed by atoms with van der Waals surface area (Å²) in [6, 6.07) is 4.03. The van der Waals surface area contributed by atoms with Crippen LogP contribution in [-0.2, 0) is 10.0 Å². The second-order valence-corrected chi connectivity index (χ2v) is 6.27. The van der Waals surface area contributed by atoms with Crippen LogP contribution in [-0.4, -0.2) is 48.6 Å². The molecule has 0 atom stereocenters. The van der Waals surface area contributed by atoms with Crippen molar-refractivity contribution in [3.8, 4) is 0 Å². The van der Waals surface area contributed by atoms with E-state index in [4.69, 9.17) is 10.2 Å². The van der Waals surface area contributed by atoms with Gasteiger partial charge in [-0.3, -0.25) is 0 Å². The van der Waals surface area contributed by atoms with Gasteiger partial charge in [0.25, 0.3) is 0 Å². The van der Waals surface area contributed by atoms with Crippen molar-refractivity contribution in [2.45, 2.75) is 25.2 Å². The molecule has 6 nitrogen and oxygen atoms in total. The van der Waals surface area contributed by atoms with E-state index >= 15 is 0 Å². The first-order chi connectivity index (χ1) is 9.34. The quantitative estimate of drug-likeness (QED) is 0.786. The van der Waals surface area contributed by atoms with Gasteiger partial charge in [0.15, 0.2) is 0 Å². The van der Waals surface area contributed by atoms with E-state index in [9.17, 15) is 13.2 Å². The number of hydrogen-bond acceptors (Lipinski definition) is 4. The molecule has 0 spiro atoms. The van der Waals surface area contributed by atoms with Crippen LogP contribution in [0.25, 0.3) is 0 Å². The lowest BCUT2D eigenvalue weighted by molar-refractivity contribution is 0.0696. The molecule has 1 aromatic rings. The van der Waals surface area contributed by atoms with Gasteiger partial charge in [0.1, 0.15) is 0 Å². The van der Waals surface area contributed by atoms with E-state index in [0.717, 1.165) is 0 Å². The third-order valence-corrected chi connectivity index (χ3v) is 5.09. The molecule has 7 heteroatoms. The standard InChI is InChI=1S/C13H19NO5S/c1-3-14(7-4-8-15)20(18,19)12-9-11(13(16)17)6-5-10(12)2/h5-6,9,15H,3-4,7-8H2,1-2H3,(H,16,17). The lowest BCUT2D eigenvalue weighted by Gasteiger charge is -2.21. The van der Waals surface area contributed by atoms with Crippen LogP contribution in [0.5, 0.6) is 0 Å². The Morgan fingerprint density at radius 2 is 2.00 bits per heavy atom. The Hall–Kier alpha value is -1.44. The normalized spacial score (nSPS) is 11.8. The third-order valence-electron chi connectivity index (χ3n) is 2.97. The summed E-state index contributed by atoms with van der Waals surface area (Å²) >= 11 is 0. The molecule has 0 saturated carbocycles. The topological polar surface area (TPSA) is 94.9 Å². The molecule has 1 aromatic carbocycles. The van der Waals surface area contributed by atoms with Gasteiger partial charge in [-0.05, 0) is 31.0 Å². The molecule has 0 bridgehead atoms. The molecule has 0 aromatic heterocycles. The second kappa shape index (κ2) is 6.83. The lowest BCUT2D eigenvalue weighted by atomic mass is 10.1. The van der Waals surface area contributed by atoms with E-state index in [0.29, 0.717) is 12.0 Å². The average Bonchev–Trinajstić information content (AvgIpc) is 2.39. The summed E-state index contributed by atoms with van der Waals surface area (Å²) < 4.78 is 26.3. The van der Waals surface area contributed by atoms with Crippen LogP contribution in [0.1, 0.15) is 29.3 Å². The van der Waals surface area contributed by atoms with Gasteiger partial charge in [-0.15, -0.1) is 0 Å². The molecule has 20 heavy (non-hydrogen) atoms. The van der Waals surface area contributed by atoms with Crippen molar-refractivity contribution in [1.29, 1.82) is 0 Å². The van der Waals surface area contributed by atoms with Crippen molar-refractivity contribution in [2.24, 2.45) is 0 Å². The van der Waals surface area contributed by atoms with Crippen molar-refractivity contribution >= 4 is 16.0 Å². The van der Waals surface area contributed by atoms with Gasteiger partial charge >= 0.3 is 5.97 Å². The van der Waals surface area contributed by atoms with Crippen LogP contribution in [0, 0.1) is 6.92 Å². The molecule has 1 rings (SSSR count). The van der Waals surface area contributed by atoms with E-state index < -0.39 is 16.0 Å². The molecule has 0 unspecified atom stereocenters. The van der Waals surface area contributed by atoms with E-state index in [2.05, 4.69) is 0 Å². The second-order valence-electron chi connectivity index (χ2n) is 4.36. The predicted molar refractivity (Wildman–Crippen MR) is 74.3 cm³/mol. The molecule has 112 valence electrons. The maximum Gasteiger partial charge on any atom is 0.335 e. The Kier molecular flexibility index (Phi) is 5.67. The number of carboxylic acid groups (broad SMARTS) is 1. The fraction of sp³-hybridized carbons (Fsp3) is 0.462.